The molecule has 1 heterocycles. The topological polar surface area (TPSA) is 30.2 Å². The maximum atomic E-state index is 12.4. The van der Waals surface area contributed by atoms with Gasteiger partial charge in [-0.2, -0.15) is 0 Å². The molecule has 0 N–H and O–H groups in total. The van der Waals surface area contributed by atoms with E-state index in [2.05, 4.69) is 0 Å². The maximum absolute atomic E-state index is 12.4. The van der Waals surface area contributed by atoms with Crippen LogP contribution in [0, 0.1) is 6.92 Å². The third-order valence-corrected chi connectivity index (χ3v) is 3.33. The van der Waals surface area contributed by atoms with Crippen LogP contribution in [0.3, 0.4) is 0 Å². The molecular weight excluding hydrogens is 260 g/mol. The van der Waals surface area contributed by atoms with Crippen LogP contribution in [0.2, 0.25) is 5.02 Å². The molecule has 3 heteroatoms. The van der Waals surface area contributed by atoms with Crippen LogP contribution in [0.1, 0.15) is 21.7 Å². The Kier molecular flexibility index (Phi) is 2.88. The quantitative estimate of drug-likeness (QED) is 0.636. The third kappa shape index (κ3) is 2.15. The third-order valence-electron chi connectivity index (χ3n) is 3.09. The first kappa shape index (κ1) is 12.0. The predicted molar refractivity (Wildman–Crippen MR) is 75.8 cm³/mol. The Morgan fingerprint density at radius 3 is 2.68 bits per heavy atom. The Morgan fingerprint density at radius 1 is 1.11 bits per heavy atom. The van der Waals surface area contributed by atoms with Crippen molar-refractivity contribution in [1.29, 1.82) is 0 Å². The van der Waals surface area contributed by atoms with Gasteiger partial charge in [0.05, 0.1) is 0 Å². The number of hydrogen-bond acceptors (Lipinski definition) is 2. The lowest BCUT2D eigenvalue weighted by atomic mass is 10.0. The van der Waals surface area contributed by atoms with Gasteiger partial charge in [0.15, 0.2) is 5.76 Å². The first-order chi connectivity index (χ1) is 9.15. The van der Waals surface area contributed by atoms with Gasteiger partial charge in [-0.05, 0) is 36.8 Å². The number of carbonyl (C=O) groups excluding carboxylic acids is 1. The smallest absolute Gasteiger partial charge is 0.228 e. The summed E-state index contributed by atoms with van der Waals surface area (Å²) in [4.78, 5) is 12.4. The number of benzene rings is 2. The number of furan rings is 1. The van der Waals surface area contributed by atoms with E-state index in [0.29, 0.717) is 21.9 Å². The summed E-state index contributed by atoms with van der Waals surface area (Å²) in [6, 6.07) is 14.6. The molecule has 3 rings (SSSR count). The van der Waals surface area contributed by atoms with Crippen LogP contribution in [0.5, 0.6) is 0 Å². The summed E-state index contributed by atoms with van der Waals surface area (Å²) in [5, 5.41) is 1.47. The molecule has 0 aliphatic rings. The Balaban J connectivity index is 2.10. The second kappa shape index (κ2) is 4.56. The van der Waals surface area contributed by atoms with Crippen molar-refractivity contribution < 1.29 is 9.21 Å². The fourth-order valence-electron chi connectivity index (χ4n) is 2.07. The van der Waals surface area contributed by atoms with Gasteiger partial charge >= 0.3 is 0 Å². The zero-order chi connectivity index (χ0) is 13.4. The molecule has 0 atom stereocenters. The van der Waals surface area contributed by atoms with Crippen LogP contribution in [0.25, 0.3) is 11.0 Å². The molecule has 0 unspecified atom stereocenters. The fourth-order valence-corrected chi connectivity index (χ4v) is 2.24. The van der Waals surface area contributed by atoms with Gasteiger partial charge in [-0.3, -0.25) is 4.79 Å². The van der Waals surface area contributed by atoms with Crippen LogP contribution < -0.4 is 0 Å². The molecule has 0 saturated carbocycles. The molecule has 94 valence electrons. The summed E-state index contributed by atoms with van der Waals surface area (Å²) in [5.41, 5.74) is 2.17. The summed E-state index contributed by atoms with van der Waals surface area (Å²) in [6.45, 7) is 1.88. The van der Waals surface area contributed by atoms with Crippen molar-refractivity contribution in [2.75, 3.05) is 0 Å². The number of halogens is 1. The van der Waals surface area contributed by atoms with Crippen molar-refractivity contribution in [3.8, 4) is 0 Å². The van der Waals surface area contributed by atoms with E-state index >= 15 is 0 Å². The molecule has 0 bridgehead atoms. The van der Waals surface area contributed by atoms with Gasteiger partial charge in [0.25, 0.3) is 0 Å². The molecule has 0 aliphatic carbocycles. The lowest BCUT2D eigenvalue weighted by Gasteiger charge is -2.03. The minimum atomic E-state index is -0.142. The maximum Gasteiger partial charge on any atom is 0.228 e. The van der Waals surface area contributed by atoms with Gasteiger partial charge in [0.1, 0.15) is 5.58 Å². The van der Waals surface area contributed by atoms with Crippen molar-refractivity contribution in [3.63, 3.8) is 0 Å². The van der Waals surface area contributed by atoms with E-state index in [4.69, 9.17) is 16.0 Å². The van der Waals surface area contributed by atoms with Crippen LogP contribution in [-0.2, 0) is 0 Å². The highest BCUT2D eigenvalue weighted by atomic mass is 35.5. The molecule has 0 spiro atoms. The normalized spacial score (nSPS) is 10.8. The molecule has 0 saturated heterocycles. The number of rotatable bonds is 2. The molecule has 1 aromatic heterocycles. The van der Waals surface area contributed by atoms with Crippen molar-refractivity contribution in [1.82, 2.24) is 0 Å². The second-order valence-corrected chi connectivity index (χ2v) is 4.87. The SMILES string of the molecule is Cc1ccc(Cl)cc1C(=O)c1cc2ccccc2o1. The molecule has 0 aliphatic heterocycles. The monoisotopic (exact) mass is 270 g/mol. The number of hydrogen-bond donors (Lipinski definition) is 0. The zero-order valence-corrected chi connectivity index (χ0v) is 11.1. The second-order valence-electron chi connectivity index (χ2n) is 4.44. The largest absolute Gasteiger partial charge is 0.453 e. The molecule has 19 heavy (non-hydrogen) atoms. The van der Waals surface area contributed by atoms with Crippen LogP contribution in [0.15, 0.2) is 52.9 Å². The van der Waals surface area contributed by atoms with Gasteiger partial charge in [-0.1, -0.05) is 35.9 Å². The van der Waals surface area contributed by atoms with Gasteiger partial charge in [0, 0.05) is 16.0 Å². The number of para-hydroxylation sites is 1. The van der Waals surface area contributed by atoms with Crippen molar-refractivity contribution >= 4 is 28.4 Å². The molecule has 2 nitrogen and oxygen atoms in total. The summed E-state index contributed by atoms with van der Waals surface area (Å²) in [7, 11) is 0. The zero-order valence-electron chi connectivity index (χ0n) is 10.3. The number of fused-ring (bicyclic) bond motifs is 1. The van der Waals surface area contributed by atoms with E-state index in [1.165, 1.54) is 0 Å². The number of aryl methyl sites for hydroxylation is 1. The highest BCUT2D eigenvalue weighted by molar-refractivity contribution is 6.31. The van der Waals surface area contributed by atoms with Gasteiger partial charge in [-0.15, -0.1) is 0 Å². The molecule has 0 fully saturated rings. The summed E-state index contributed by atoms with van der Waals surface area (Å²) in [5.74, 6) is 0.197. The molecule has 2 aromatic carbocycles. The summed E-state index contributed by atoms with van der Waals surface area (Å²) >= 11 is 5.94. The standard InChI is InChI=1S/C16H11ClO2/c1-10-6-7-12(17)9-13(10)16(18)15-8-11-4-2-3-5-14(11)19-15/h2-9H,1H3. The molecule has 3 aromatic rings. The van der Waals surface area contributed by atoms with E-state index in [1.54, 1.807) is 18.2 Å². The van der Waals surface area contributed by atoms with Gasteiger partial charge < -0.3 is 4.42 Å². The van der Waals surface area contributed by atoms with Crippen molar-refractivity contribution in [2.45, 2.75) is 6.92 Å². The minimum Gasteiger partial charge on any atom is -0.453 e. The first-order valence-corrected chi connectivity index (χ1v) is 6.32. The minimum absolute atomic E-state index is 0.142. The molecule has 0 radical (unpaired) electrons. The average molecular weight is 271 g/mol. The average Bonchev–Trinajstić information content (AvgIpc) is 2.84. The Hall–Kier alpha value is -2.06. The van der Waals surface area contributed by atoms with Crippen LogP contribution in [0.4, 0.5) is 0 Å². The Morgan fingerprint density at radius 2 is 1.89 bits per heavy atom. The van der Waals surface area contributed by atoms with E-state index in [1.807, 2.05) is 37.3 Å². The summed E-state index contributed by atoms with van der Waals surface area (Å²) < 4.78 is 5.59. The highest BCUT2D eigenvalue weighted by Gasteiger charge is 2.16. The van der Waals surface area contributed by atoms with Crippen molar-refractivity contribution in [2.24, 2.45) is 0 Å². The van der Waals surface area contributed by atoms with Crippen molar-refractivity contribution in [3.05, 3.63) is 70.4 Å². The number of ketones is 1. The van der Waals surface area contributed by atoms with E-state index < -0.39 is 0 Å². The summed E-state index contributed by atoms with van der Waals surface area (Å²) in [6.07, 6.45) is 0. The Labute approximate surface area is 115 Å². The van der Waals surface area contributed by atoms with Crippen LogP contribution >= 0.6 is 11.6 Å². The van der Waals surface area contributed by atoms with E-state index in [0.717, 1.165) is 10.9 Å². The molecule has 0 amide bonds. The molecular formula is C16H11ClO2. The van der Waals surface area contributed by atoms with Gasteiger partial charge in [-0.25, -0.2) is 0 Å². The predicted octanol–water partition coefficient (Wildman–Crippen LogP) is 4.63. The van der Waals surface area contributed by atoms with Gasteiger partial charge in [0.2, 0.25) is 5.78 Å². The van der Waals surface area contributed by atoms with E-state index in [-0.39, 0.29) is 5.78 Å². The van der Waals surface area contributed by atoms with Crippen LogP contribution in [-0.4, -0.2) is 5.78 Å². The lowest BCUT2D eigenvalue weighted by molar-refractivity contribution is 0.101. The first-order valence-electron chi connectivity index (χ1n) is 5.94. The fraction of sp³-hybridized carbons (Fsp3) is 0.0625. The lowest BCUT2D eigenvalue weighted by Crippen LogP contribution is -2.02. The van der Waals surface area contributed by atoms with E-state index in [9.17, 15) is 4.79 Å². The highest BCUT2D eigenvalue weighted by Crippen LogP contribution is 2.24. The Bertz CT molecular complexity index is 738. The number of carbonyl (C=O) groups is 1.